The van der Waals surface area contributed by atoms with E-state index in [1.165, 1.54) is 5.56 Å². The van der Waals surface area contributed by atoms with Crippen LogP contribution < -0.4 is 14.8 Å². The van der Waals surface area contributed by atoms with Crippen molar-refractivity contribution in [1.29, 1.82) is 0 Å². The topological polar surface area (TPSA) is 79.0 Å². The number of hydrogen-bond acceptors (Lipinski definition) is 6. The van der Waals surface area contributed by atoms with Crippen LogP contribution >= 0.6 is 11.6 Å². The minimum Gasteiger partial charge on any atom is -0.494 e. The average molecular weight is 479 g/mol. The van der Waals surface area contributed by atoms with Crippen LogP contribution in [0.2, 0.25) is 5.15 Å². The summed E-state index contributed by atoms with van der Waals surface area (Å²) in [7, 11) is 1.64. The molecule has 0 bridgehead atoms. The minimum atomic E-state index is 0.198. The van der Waals surface area contributed by atoms with Gasteiger partial charge >= 0.3 is 0 Å². The van der Waals surface area contributed by atoms with Gasteiger partial charge in [0.15, 0.2) is 0 Å². The molecule has 3 heterocycles. The molecule has 0 aliphatic carbocycles. The summed E-state index contributed by atoms with van der Waals surface area (Å²) in [5, 5.41) is 8.53. The predicted molar refractivity (Wildman–Crippen MR) is 132 cm³/mol. The number of ether oxygens (including phenoxy) is 2. The molecule has 1 N–H and O–H groups in total. The average Bonchev–Trinajstić information content (AvgIpc) is 3.40. The number of fused-ring (bicyclic) bond motifs is 1. The lowest BCUT2D eigenvalue weighted by Gasteiger charge is -2.15. The van der Waals surface area contributed by atoms with E-state index in [2.05, 4.69) is 22.4 Å². The molecule has 176 valence electrons. The predicted octanol–water partition coefficient (Wildman–Crippen LogP) is 5.58. The Bertz CT molecular complexity index is 1270. The van der Waals surface area contributed by atoms with Crippen molar-refractivity contribution < 1.29 is 9.47 Å². The number of nitrogens with one attached hydrogen (secondary N) is 1. The zero-order chi connectivity index (χ0) is 23.5. The highest BCUT2D eigenvalue weighted by Gasteiger charge is 2.24. The summed E-state index contributed by atoms with van der Waals surface area (Å²) in [6.07, 6.45) is 6.66. The molecule has 0 saturated heterocycles. The Kier molecular flexibility index (Phi) is 6.40. The fraction of sp³-hybridized carbons (Fsp3) is 0.320. The van der Waals surface area contributed by atoms with Crippen molar-refractivity contribution in [2.45, 2.75) is 38.6 Å². The van der Waals surface area contributed by atoms with Crippen LogP contribution in [0.15, 0.2) is 55.0 Å². The third kappa shape index (κ3) is 4.59. The van der Waals surface area contributed by atoms with Crippen molar-refractivity contribution >= 4 is 23.2 Å². The van der Waals surface area contributed by atoms with Gasteiger partial charge in [-0.3, -0.25) is 0 Å². The Labute approximate surface area is 203 Å². The third-order valence-corrected chi connectivity index (χ3v) is 6.18. The number of anilines is 2. The van der Waals surface area contributed by atoms with Crippen LogP contribution in [-0.2, 0) is 6.54 Å². The van der Waals surface area contributed by atoms with E-state index < -0.39 is 0 Å². The standard InChI is InChI=1S/C25H27ClN6O2/c1-3-34-19-10-7-17(8-11-19)20-6-4-5-13-32-24(20)29-25(30-32)28-18-9-12-21(22(14-18)33-2)31-15-23(26)27-16-31/h7-12,14-16,20H,3-6,13H2,1-2H3,(H,28,30). The maximum Gasteiger partial charge on any atom is 0.246 e. The highest BCUT2D eigenvalue weighted by atomic mass is 35.5. The second kappa shape index (κ2) is 9.77. The molecule has 5 rings (SSSR count). The highest BCUT2D eigenvalue weighted by molar-refractivity contribution is 6.29. The maximum absolute atomic E-state index is 5.97. The van der Waals surface area contributed by atoms with E-state index >= 15 is 0 Å². The number of nitrogens with zero attached hydrogens (tertiary/aromatic N) is 5. The van der Waals surface area contributed by atoms with E-state index in [1.54, 1.807) is 19.6 Å². The van der Waals surface area contributed by atoms with Gasteiger partial charge in [-0.15, -0.1) is 5.10 Å². The van der Waals surface area contributed by atoms with Gasteiger partial charge in [0.1, 0.15) is 28.8 Å². The first-order valence-electron chi connectivity index (χ1n) is 11.5. The molecule has 0 fully saturated rings. The number of rotatable bonds is 7. The molecule has 0 radical (unpaired) electrons. The van der Waals surface area contributed by atoms with Crippen molar-refractivity contribution in [3.05, 3.63) is 71.5 Å². The summed E-state index contributed by atoms with van der Waals surface area (Å²) >= 11 is 5.97. The van der Waals surface area contributed by atoms with Crippen LogP contribution in [0.1, 0.15) is 43.5 Å². The van der Waals surface area contributed by atoms with E-state index in [9.17, 15) is 0 Å². The summed E-state index contributed by atoms with van der Waals surface area (Å²) in [6, 6.07) is 14.2. The van der Waals surface area contributed by atoms with Crippen molar-refractivity contribution in [3.8, 4) is 17.2 Å². The number of aryl methyl sites for hydroxylation is 1. The SMILES string of the molecule is CCOc1ccc(C2CCCCn3nc(Nc4ccc(-n5cnc(Cl)c5)c(OC)c4)nc32)cc1. The number of hydrogen-bond donors (Lipinski definition) is 1. The van der Waals surface area contributed by atoms with Crippen molar-refractivity contribution in [1.82, 2.24) is 24.3 Å². The van der Waals surface area contributed by atoms with Crippen LogP contribution in [0.25, 0.3) is 5.69 Å². The first-order valence-corrected chi connectivity index (χ1v) is 11.8. The lowest BCUT2D eigenvalue weighted by molar-refractivity contribution is 0.340. The summed E-state index contributed by atoms with van der Waals surface area (Å²) in [5.41, 5.74) is 2.91. The van der Waals surface area contributed by atoms with E-state index in [1.807, 2.05) is 46.5 Å². The number of halogens is 1. The van der Waals surface area contributed by atoms with E-state index in [-0.39, 0.29) is 5.92 Å². The van der Waals surface area contributed by atoms with E-state index in [0.717, 1.165) is 48.8 Å². The monoisotopic (exact) mass is 478 g/mol. The molecule has 1 unspecified atom stereocenters. The molecular weight excluding hydrogens is 452 g/mol. The minimum absolute atomic E-state index is 0.198. The molecular formula is C25H27ClN6O2. The van der Waals surface area contributed by atoms with Crippen molar-refractivity contribution in [2.75, 3.05) is 19.0 Å². The summed E-state index contributed by atoms with van der Waals surface area (Å²) in [4.78, 5) is 8.97. The van der Waals surface area contributed by atoms with Crippen LogP contribution in [0.4, 0.5) is 11.6 Å². The second-order valence-corrected chi connectivity index (χ2v) is 8.57. The molecule has 1 atom stereocenters. The van der Waals surface area contributed by atoms with Gasteiger partial charge in [0.25, 0.3) is 0 Å². The van der Waals surface area contributed by atoms with Gasteiger partial charge in [-0.05, 0) is 49.6 Å². The quantitative estimate of drug-likeness (QED) is 0.373. The molecule has 34 heavy (non-hydrogen) atoms. The summed E-state index contributed by atoms with van der Waals surface area (Å²) in [6.45, 7) is 3.52. The molecule has 0 spiro atoms. The number of aromatic nitrogens is 5. The normalized spacial score (nSPS) is 15.4. The lowest BCUT2D eigenvalue weighted by atomic mass is 9.93. The fourth-order valence-electron chi connectivity index (χ4n) is 4.38. The molecule has 4 aromatic rings. The molecule has 2 aromatic carbocycles. The summed E-state index contributed by atoms with van der Waals surface area (Å²) < 4.78 is 15.1. The first-order chi connectivity index (χ1) is 16.6. The Morgan fingerprint density at radius 1 is 1.15 bits per heavy atom. The van der Waals surface area contributed by atoms with Crippen molar-refractivity contribution in [3.63, 3.8) is 0 Å². The van der Waals surface area contributed by atoms with Crippen LogP contribution in [-0.4, -0.2) is 38.0 Å². The largest absolute Gasteiger partial charge is 0.494 e. The van der Waals surface area contributed by atoms with Gasteiger partial charge in [-0.2, -0.15) is 4.98 Å². The zero-order valence-electron chi connectivity index (χ0n) is 19.2. The molecule has 8 nitrogen and oxygen atoms in total. The smallest absolute Gasteiger partial charge is 0.246 e. The number of benzene rings is 2. The number of imidazole rings is 1. The van der Waals surface area contributed by atoms with Crippen LogP contribution in [0.3, 0.4) is 0 Å². The molecule has 0 amide bonds. The molecule has 9 heteroatoms. The van der Waals surface area contributed by atoms with Gasteiger partial charge in [-0.1, -0.05) is 30.2 Å². The first kappa shape index (κ1) is 22.3. The van der Waals surface area contributed by atoms with Crippen molar-refractivity contribution in [2.24, 2.45) is 0 Å². The van der Waals surface area contributed by atoms with Gasteiger partial charge in [0, 0.05) is 30.4 Å². The van der Waals surface area contributed by atoms with Crippen LogP contribution in [0, 0.1) is 0 Å². The van der Waals surface area contributed by atoms with Gasteiger partial charge in [0.2, 0.25) is 5.95 Å². The van der Waals surface area contributed by atoms with Gasteiger partial charge in [0.05, 0.1) is 19.4 Å². The Balaban J connectivity index is 1.40. The lowest BCUT2D eigenvalue weighted by Crippen LogP contribution is -2.08. The highest BCUT2D eigenvalue weighted by Crippen LogP contribution is 2.34. The maximum atomic E-state index is 5.97. The second-order valence-electron chi connectivity index (χ2n) is 8.18. The van der Waals surface area contributed by atoms with Gasteiger partial charge in [-0.25, -0.2) is 9.67 Å². The molecule has 2 aromatic heterocycles. The number of methoxy groups -OCH3 is 1. The Morgan fingerprint density at radius 2 is 2.00 bits per heavy atom. The summed E-state index contributed by atoms with van der Waals surface area (Å²) in [5.74, 6) is 3.34. The van der Waals surface area contributed by atoms with Crippen LogP contribution in [0.5, 0.6) is 11.5 Å². The fourth-order valence-corrected chi connectivity index (χ4v) is 4.52. The van der Waals surface area contributed by atoms with Gasteiger partial charge < -0.3 is 19.4 Å². The third-order valence-electron chi connectivity index (χ3n) is 5.98. The zero-order valence-corrected chi connectivity index (χ0v) is 20.0. The molecule has 1 aliphatic rings. The molecule has 1 aliphatic heterocycles. The van der Waals surface area contributed by atoms with E-state index in [4.69, 9.17) is 31.2 Å². The molecule has 0 saturated carbocycles. The Morgan fingerprint density at radius 3 is 2.74 bits per heavy atom. The van der Waals surface area contributed by atoms with E-state index in [0.29, 0.717) is 23.5 Å². The Hall–Kier alpha value is -3.52.